The van der Waals surface area contributed by atoms with Gasteiger partial charge in [0.05, 0.1) is 0 Å². The maximum atomic E-state index is 12.3. The number of carbonyl (C=O) groups excluding carboxylic acids is 1. The Bertz CT molecular complexity index is 801. The van der Waals surface area contributed by atoms with E-state index in [0.717, 1.165) is 24.8 Å². The SMILES string of the molecule is CCCCc1ccc2cccc3c2c1C=CC3OC(=O)CCCC(C)C. The highest BCUT2D eigenvalue weighted by atomic mass is 16.5. The Kier molecular flexibility index (Phi) is 6.13. The van der Waals surface area contributed by atoms with Crippen molar-refractivity contribution in [3.05, 3.63) is 53.1 Å². The van der Waals surface area contributed by atoms with Crippen LogP contribution in [-0.2, 0) is 16.0 Å². The van der Waals surface area contributed by atoms with E-state index >= 15 is 0 Å². The van der Waals surface area contributed by atoms with Crippen LogP contribution in [0.5, 0.6) is 0 Å². The van der Waals surface area contributed by atoms with Crippen molar-refractivity contribution in [1.82, 2.24) is 0 Å². The van der Waals surface area contributed by atoms with E-state index in [2.05, 4.69) is 57.2 Å². The Balaban J connectivity index is 1.82. The zero-order chi connectivity index (χ0) is 18.5. The molecule has 2 nitrogen and oxygen atoms in total. The van der Waals surface area contributed by atoms with Gasteiger partial charge in [-0.2, -0.15) is 0 Å². The van der Waals surface area contributed by atoms with Gasteiger partial charge in [0.15, 0.2) is 0 Å². The number of benzene rings is 2. The Morgan fingerprint density at radius 2 is 2.00 bits per heavy atom. The van der Waals surface area contributed by atoms with Crippen molar-refractivity contribution in [3.63, 3.8) is 0 Å². The summed E-state index contributed by atoms with van der Waals surface area (Å²) in [7, 11) is 0. The first-order valence-corrected chi connectivity index (χ1v) is 10.0. The Labute approximate surface area is 157 Å². The van der Waals surface area contributed by atoms with Crippen molar-refractivity contribution in [2.45, 2.75) is 65.4 Å². The third-order valence-electron chi connectivity index (χ3n) is 5.17. The molecule has 0 N–H and O–H groups in total. The number of carbonyl (C=O) groups is 1. The lowest BCUT2D eigenvalue weighted by molar-refractivity contribution is -0.147. The van der Waals surface area contributed by atoms with Crippen LogP contribution in [0.1, 0.15) is 75.7 Å². The molecule has 0 aliphatic heterocycles. The van der Waals surface area contributed by atoms with Crippen LogP contribution in [0.3, 0.4) is 0 Å². The summed E-state index contributed by atoms with van der Waals surface area (Å²) in [5.74, 6) is 0.530. The van der Waals surface area contributed by atoms with E-state index in [9.17, 15) is 4.79 Å². The first-order chi connectivity index (χ1) is 12.6. The molecule has 0 radical (unpaired) electrons. The summed E-state index contributed by atoms with van der Waals surface area (Å²) in [4.78, 5) is 12.3. The molecule has 0 bridgehead atoms. The largest absolute Gasteiger partial charge is 0.453 e. The van der Waals surface area contributed by atoms with Crippen LogP contribution in [-0.4, -0.2) is 5.97 Å². The lowest BCUT2D eigenvalue weighted by atomic mass is 9.87. The Morgan fingerprint density at radius 1 is 1.15 bits per heavy atom. The molecule has 0 saturated heterocycles. The quantitative estimate of drug-likeness (QED) is 0.500. The molecule has 0 aromatic heterocycles. The topological polar surface area (TPSA) is 26.3 Å². The maximum Gasteiger partial charge on any atom is 0.306 e. The fourth-order valence-electron chi connectivity index (χ4n) is 3.74. The highest BCUT2D eigenvalue weighted by Crippen LogP contribution is 2.37. The van der Waals surface area contributed by atoms with Crippen molar-refractivity contribution in [1.29, 1.82) is 0 Å². The minimum atomic E-state index is -0.265. The van der Waals surface area contributed by atoms with Gasteiger partial charge in [0.1, 0.15) is 6.10 Å². The monoisotopic (exact) mass is 350 g/mol. The molecule has 1 aliphatic carbocycles. The molecule has 0 amide bonds. The maximum absolute atomic E-state index is 12.3. The summed E-state index contributed by atoms with van der Waals surface area (Å²) < 4.78 is 5.82. The molecule has 0 spiro atoms. The van der Waals surface area contributed by atoms with Gasteiger partial charge in [0.2, 0.25) is 0 Å². The highest BCUT2D eigenvalue weighted by Gasteiger charge is 2.22. The van der Waals surface area contributed by atoms with Gasteiger partial charge in [-0.25, -0.2) is 0 Å². The van der Waals surface area contributed by atoms with Crippen molar-refractivity contribution in [2.75, 3.05) is 0 Å². The van der Waals surface area contributed by atoms with Crippen LogP contribution in [0.4, 0.5) is 0 Å². The fraction of sp³-hybridized carbons (Fsp3) is 0.458. The molecule has 2 aromatic rings. The van der Waals surface area contributed by atoms with E-state index in [4.69, 9.17) is 4.74 Å². The molecular weight excluding hydrogens is 320 g/mol. The van der Waals surface area contributed by atoms with Gasteiger partial charge in [-0.05, 0) is 53.2 Å². The predicted molar refractivity (Wildman–Crippen MR) is 109 cm³/mol. The number of ether oxygens (including phenoxy) is 1. The second-order valence-electron chi connectivity index (χ2n) is 7.74. The number of hydrogen-bond donors (Lipinski definition) is 0. The van der Waals surface area contributed by atoms with Crippen molar-refractivity contribution >= 4 is 22.8 Å². The summed E-state index contributed by atoms with van der Waals surface area (Å²) in [5.41, 5.74) is 3.82. The van der Waals surface area contributed by atoms with Crippen LogP contribution in [0.25, 0.3) is 16.8 Å². The van der Waals surface area contributed by atoms with Crippen molar-refractivity contribution in [2.24, 2.45) is 5.92 Å². The molecule has 2 aromatic carbocycles. The van der Waals surface area contributed by atoms with Crippen LogP contribution in [0.2, 0.25) is 0 Å². The minimum Gasteiger partial charge on any atom is -0.453 e. The van der Waals surface area contributed by atoms with Gasteiger partial charge in [-0.1, -0.05) is 70.0 Å². The summed E-state index contributed by atoms with van der Waals surface area (Å²) >= 11 is 0. The zero-order valence-electron chi connectivity index (χ0n) is 16.3. The Morgan fingerprint density at radius 3 is 2.77 bits per heavy atom. The van der Waals surface area contributed by atoms with Crippen LogP contribution >= 0.6 is 0 Å². The predicted octanol–water partition coefficient (Wildman–Crippen LogP) is 6.62. The van der Waals surface area contributed by atoms with Gasteiger partial charge < -0.3 is 4.74 Å². The molecular formula is C24H30O2. The van der Waals surface area contributed by atoms with E-state index in [1.54, 1.807) is 0 Å². The van der Waals surface area contributed by atoms with Crippen LogP contribution in [0, 0.1) is 5.92 Å². The molecule has 0 fully saturated rings. The van der Waals surface area contributed by atoms with Gasteiger partial charge in [-0.15, -0.1) is 0 Å². The number of unbranched alkanes of at least 4 members (excludes halogenated alkanes) is 1. The third-order valence-corrected chi connectivity index (χ3v) is 5.17. The molecule has 0 saturated carbocycles. The molecule has 1 aliphatic rings. The lowest BCUT2D eigenvalue weighted by Crippen LogP contribution is -2.12. The van der Waals surface area contributed by atoms with Crippen molar-refractivity contribution < 1.29 is 9.53 Å². The molecule has 26 heavy (non-hydrogen) atoms. The van der Waals surface area contributed by atoms with Gasteiger partial charge in [0, 0.05) is 12.0 Å². The molecule has 3 rings (SSSR count). The Hall–Kier alpha value is -2.09. The second kappa shape index (κ2) is 8.53. The minimum absolute atomic E-state index is 0.0945. The first-order valence-electron chi connectivity index (χ1n) is 10.0. The van der Waals surface area contributed by atoms with Gasteiger partial charge in [0.25, 0.3) is 0 Å². The summed E-state index contributed by atoms with van der Waals surface area (Å²) in [6.45, 7) is 6.59. The van der Waals surface area contributed by atoms with Gasteiger partial charge >= 0.3 is 5.97 Å². The summed E-state index contributed by atoms with van der Waals surface area (Å²) in [6.07, 6.45) is 9.90. The number of hydrogen-bond acceptors (Lipinski definition) is 2. The molecule has 138 valence electrons. The molecule has 2 heteroatoms. The fourth-order valence-corrected chi connectivity index (χ4v) is 3.74. The van der Waals surface area contributed by atoms with Crippen LogP contribution < -0.4 is 0 Å². The average molecular weight is 351 g/mol. The summed E-state index contributed by atoms with van der Waals surface area (Å²) in [6, 6.07) is 10.8. The van der Waals surface area contributed by atoms with E-state index in [1.807, 2.05) is 6.08 Å². The summed E-state index contributed by atoms with van der Waals surface area (Å²) in [5, 5.41) is 2.48. The molecule has 1 unspecified atom stereocenters. The normalized spacial score (nSPS) is 15.6. The van der Waals surface area contributed by atoms with E-state index < -0.39 is 0 Å². The van der Waals surface area contributed by atoms with E-state index in [1.165, 1.54) is 34.7 Å². The van der Waals surface area contributed by atoms with Crippen molar-refractivity contribution in [3.8, 4) is 0 Å². The highest BCUT2D eigenvalue weighted by molar-refractivity contribution is 5.97. The average Bonchev–Trinajstić information content (AvgIpc) is 2.62. The number of rotatable bonds is 8. The van der Waals surface area contributed by atoms with E-state index in [0.29, 0.717) is 12.3 Å². The second-order valence-corrected chi connectivity index (χ2v) is 7.74. The van der Waals surface area contributed by atoms with Gasteiger partial charge in [-0.3, -0.25) is 4.79 Å². The van der Waals surface area contributed by atoms with E-state index in [-0.39, 0.29) is 12.1 Å². The smallest absolute Gasteiger partial charge is 0.306 e. The zero-order valence-corrected chi connectivity index (χ0v) is 16.3. The standard InChI is InChI=1S/C24H30O2/c1-4-5-9-18-13-14-19-10-7-11-21-22(16-15-20(18)24(19)21)26-23(25)12-6-8-17(2)3/h7,10-11,13-17,22H,4-6,8-9,12H2,1-3H3. The number of aryl methyl sites for hydroxylation is 1. The number of esters is 1. The van der Waals surface area contributed by atoms with Crippen LogP contribution in [0.15, 0.2) is 36.4 Å². The molecule has 0 heterocycles. The first kappa shape index (κ1) is 18.7. The lowest BCUT2D eigenvalue weighted by Gasteiger charge is -2.23. The molecule has 1 atom stereocenters. The third kappa shape index (κ3) is 4.17.